The summed E-state index contributed by atoms with van der Waals surface area (Å²) in [5.74, 6) is 0.512. The summed E-state index contributed by atoms with van der Waals surface area (Å²) >= 11 is 0. The lowest BCUT2D eigenvalue weighted by atomic mass is 9.92. The van der Waals surface area contributed by atoms with Crippen LogP contribution in [0, 0.1) is 0 Å². The number of benzene rings is 1. The average molecular weight is 322 g/mol. The first-order valence-electron chi connectivity index (χ1n) is 8.36. The lowest BCUT2D eigenvalue weighted by molar-refractivity contribution is 0.329. The molecule has 6 heteroatoms. The molecule has 0 bridgehead atoms. The fourth-order valence-corrected chi connectivity index (χ4v) is 3.65. The fourth-order valence-electron chi connectivity index (χ4n) is 3.65. The van der Waals surface area contributed by atoms with Crippen molar-refractivity contribution in [3.63, 3.8) is 0 Å². The molecule has 1 aromatic carbocycles. The molecule has 1 fully saturated rings. The van der Waals surface area contributed by atoms with Crippen molar-refractivity contribution in [3.8, 4) is 11.1 Å². The van der Waals surface area contributed by atoms with Crippen molar-refractivity contribution < 1.29 is 0 Å². The molecule has 6 N–H and O–H groups in total. The number of nitrogen functional groups attached to an aromatic ring is 2. The predicted molar refractivity (Wildman–Crippen MR) is 97.3 cm³/mol. The second kappa shape index (κ2) is 5.79. The van der Waals surface area contributed by atoms with Crippen molar-refractivity contribution in [1.29, 1.82) is 0 Å². The Labute approximate surface area is 140 Å². The zero-order valence-corrected chi connectivity index (χ0v) is 13.5. The zero-order chi connectivity index (χ0) is 16.7. The van der Waals surface area contributed by atoms with Crippen molar-refractivity contribution in [3.05, 3.63) is 36.8 Å². The topological polar surface area (TPSA) is 109 Å². The standard InChI is InChI=1S/C18H22N6/c19-12-3-1-11(2-4-12)15-9-24(14-7-5-13(20)6-8-14)18-16(15)17(21)22-10-23-18/h1-4,9-10,13-14H,5-8,19-20H2,(H2,21,22,23). The SMILES string of the molecule is Nc1ccc(-c2cn(C3CCC(N)CC3)c3ncnc(N)c23)cc1. The van der Waals surface area contributed by atoms with Crippen LogP contribution in [0.1, 0.15) is 31.7 Å². The van der Waals surface area contributed by atoms with Crippen LogP contribution < -0.4 is 17.2 Å². The van der Waals surface area contributed by atoms with E-state index >= 15 is 0 Å². The Kier molecular flexibility index (Phi) is 3.61. The van der Waals surface area contributed by atoms with Crippen LogP contribution in [0.25, 0.3) is 22.2 Å². The highest BCUT2D eigenvalue weighted by Crippen LogP contribution is 2.37. The van der Waals surface area contributed by atoms with E-state index in [9.17, 15) is 0 Å². The summed E-state index contributed by atoms with van der Waals surface area (Å²) in [6.45, 7) is 0. The Bertz CT molecular complexity index is 859. The van der Waals surface area contributed by atoms with E-state index in [2.05, 4.69) is 20.7 Å². The molecule has 2 heterocycles. The largest absolute Gasteiger partial charge is 0.399 e. The van der Waals surface area contributed by atoms with Crippen molar-refractivity contribution in [2.24, 2.45) is 5.73 Å². The molecule has 1 aliphatic carbocycles. The zero-order valence-electron chi connectivity index (χ0n) is 13.5. The molecule has 0 amide bonds. The van der Waals surface area contributed by atoms with E-state index in [1.807, 2.05) is 24.3 Å². The van der Waals surface area contributed by atoms with Crippen LogP contribution in [0.2, 0.25) is 0 Å². The quantitative estimate of drug-likeness (QED) is 0.629. The van der Waals surface area contributed by atoms with Crippen LogP contribution in [-0.2, 0) is 0 Å². The van der Waals surface area contributed by atoms with Crippen molar-refractivity contribution in [2.45, 2.75) is 37.8 Å². The van der Waals surface area contributed by atoms with Crippen molar-refractivity contribution in [2.75, 3.05) is 11.5 Å². The van der Waals surface area contributed by atoms with Crippen LogP contribution >= 0.6 is 0 Å². The Morgan fingerprint density at radius 1 is 0.958 bits per heavy atom. The van der Waals surface area contributed by atoms with Crippen LogP contribution in [-0.4, -0.2) is 20.6 Å². The van der Waals surface area contributed by atoms with E-state index in [0.717, 1.165) is 53.5 Å². The van der Waals surface area contributed by atoms with Gasteiger partial charge in [0.15, 0.2) is 0 Å². The Morgan fingerprint density at radius 2 is 1.67 bits per heavy atom. The molecular weight excluding hydrogens is 300 g/mol. The summed E-state index contributed by atoms with van der Waals surface area (Å²) in [4.78, 5) is 8.71. The molecule has 24 heavy (non-hydrogen) atoms. The van der Waals surface area contributed by atoms with Gasteiger partial charge in [0, 0.05) is 29.5 Å². The van der Waals surface area contributed by atoms with Gasteiger partial charge in [0.1, 0.15) is 17.8 Å². The van der Waals surface area contributed by atoms with Crippen LogP contribution in [0.5, 0.6) is 0 Å². The van der Waals surface area contributed by atoms with E-state index in [1.165, 1.54) is 6.33 Å². The molecule has 0 saturated heterocycles. The Balaban J connectivity index is 1.87. The molecule has 6 nitrogen and oxygen atoms in total. The lowest BCUT2D eigenvalue weighted by Gasteiger charge is -2.27. The number of fused-ring (bicyclic) bond motifs is 1. The first-order valence-corrected chi connectivity index (χ1v) is 8.36. The molecule has 0 aliphatic heterocycles. The summed E-state index contributed by atoms with van der Waals surface area (Å²) in [6, 6.07) is 8.55. The molecule has 2 aromatic heterocycles. The molecule has 1 saturated carbocycles. The Hall–Kier alpha value is -2.60. The molecule has 1 aliphatic rings. The number of rotatable bonds is 2. The number of hydrogen-bond donors (Lipinski definition) is 3. The number of aromatic nitrogens is 3. The summed E-state index contributed by atoms with van der Waals surface area (Å²) in [5, 5.41) is 0.914. The maximum absolute atomic E-state index is 6.18. The summed E-state index contributed by atoms with van der Waals surface area (Å²) in [7, 11) is 0. The van der Waals surface area contributed by atoms with Crippen LogP contribution in [0.15, 0.2) is 36.8 Å². The minimum absolute atomic E-state index is 0.319. The third kappa shape index (κ3) is 2.49. The number of nitrogens with zero attached hydrogens (tertiary/aromatic N) is 3. The van der Waals surface area contributed by atoms with Gasteiger partial charge in [0.25, 0.3) is 0 Å². The highest BCUT2D eigenvalue weighted by atomic mass is 15.1. The first kappa shape index (κ1) is 15.0. The van der Waals surface area contributed by atoms with Gasteiger partial charge in [0.2, 0.25) is 0 Å². The van der Waals surface area contributed by atoms with E-state index in [1.54, 1.807) is 0 Å². The molecule has 0 atom stereocenters. The normalized spacial score (nSPS) is 21.2. The lowest BCUT2D eigenvalue weighted by Crippen LogP contribution is -2.27. The number of nitrogens with two attached hydrogens (primary N) is 3. The van der Waals surface area contributed by atoms with Gasteiger partial charge in [-0.3, -0.25) is 0 Å². The van der Waals surface area contributed by atoms with Crippen LogP contribution in [0.3, 0.4) is 0 Å². The fraction of sp³-hybridized carbons (Fsp3) is 0.333. The highest BCUT2D eigenvalue weighted by Gasteiger charge is 2.24. The van der Waals surface area contributed by atoms with Crippen LogP contribution in [0.4, 0.5) is 11.5 Å². The molecular formula is C18H22N6. The highest BCUT2D eigenvalue weighted by molar-refractivity contribution is 6.00. The minimum atomic E-state index is 0.319. The second-order valence-corrected chi connectivity index (χ2v) is 6.60. The predicted octanol–water partition coefficient (Wildman–Crippen LogP) is 2.71. The number of hydrogen-bond acceptors (Lipinski definition) is 5. The molecule has 0 radical (unpaired) electrons. The molecule has 0 spiro atoms. The monoisotopic (exact) mass is 322 g/mol. The minimum Gasteiger partial charge on any atom is -0.399 e. The van der Waals surface area contributed by atoms with E-state index in [-0.39, 0.29) is 0 Å². The van der Waals surface area contributed by atoms with Gasteiger partial charge in [-0.2, -0.15) is 0 Å². The smallest absolute Gasteiger partial charge is 0.146 e. The van der Waals surface area contributed by atoms with Gasteiger partial charge in [-0.15, -0.1) is 0 Å². The first-order chi connectivity index (χ1) is 11.6. The third-order valence-corrected chi connectivity index (χ3v) is 5.00. The summed E-state index contributed by atoms with van der Waals surface area (Å²) < 4.78 is 2.25. The van der Waals surface area contributed by atoms with Gasteiger partial charge in [-0.1, -0.05) is 12.1 Å². The van der Waals surface area contributed by atoms with E-state index in [0.29, 0.717) is 17.9 Å². The van der Waals surface area contributed by atoms with E-state index < -0.39 is 0 Å². The van der Waals surface area contributed by atoms with E-state index in [4.69, 9.17) is 17.2 Å². The Morgan fingerprint density at radius 3 is 2.38 bits per heavy atom. The van der Waals surface area contributed by atoms with Gasteiger partial charge in [-0.05, 0) is 43.4 Å². The maximum atomic E-state index is 6.18. The summed E-state index contributed by atoms with van der Waals surface area (Å²) in [6.07, 6.45) is 7.91. The molecule has 0 unspecified atom stereocenters. The number of anilines is 2. The van der Waals surface area contributed by atoms with Gasteiger partial charge >= 0.3 is 0 Å². The maximum Gasteiger partial charge on any atom is 0.146 e. The molecule has 3 aromatic rings. The molecule has 4 rings (SSSR count). The van der Waals surface area contributed by atoms with Crippen molar-refractivity contribution >= 4 is 22.5 Å². The van der Waals surface area contributed by atoms with Gasteiger partial charge in [0.05, 0.1) is 5.39 Å². The molecule has 124 valence electrons. The van der Waals surface area contributed by atoms with Crippen molar-refractivity contribution in [1.82, 2.24) is 14.5 Å². The summed E-state index contributed by atoms with van der Waals surface area (Å²) in [5.41, 5.74) is 21.8. The van der Waals surface area contributed by atoms with Gasteiger partial charge < -0.3 is 21.8 Å². The second-order valence-electron chi connectivity index (χ2n) is 6.60. The third-order valence-electron chi connectivity index (χ3n) is 5.00. The average Bonchev–Trinajstić information content (AvgIpc) is 2.97. The van der Waals surface area contributed by atoms with Gasteiger partial charge in [-0.25, -0.2) is 9.97 Å².